The number of ether oxygens (including phenoxy) is 3. The number of esters is 3. The number of aromatic hydroxyl groups is 2. The summed E-state index contributed by atoms with van der Waals surface area (Å²) in [5.74, 6) is -2.05. The Bertz CT molecular complexity index is 1490. The molecule has 0 aliphatic carbocycles. The zero-order chi connectivity index (χ0) is 27.9. The van der Waals surface area contributed by atoms with E-state index in [9.17, 15) is 34.2 Å². The zero-order valence-corrected chi connectivity index (χ0v) is 20.5. The van der Waals surface area contributed by atoms with Crippen LogP contribution in [0.2, 0.25) is 0 Å². The fraction of sp³-hybridized carbons (Fsp3) is 0.179. The highest BCUT2D eigenvalue weighted by Gasteiger charge is 2.53. The van der Waals surface area contributed by atoms with Gasteiger partial charge in [0, 0.05) is 48.6 Å². The van der Waals surface area contributed by atoms with E-state index in [1.165, 1.54) is 24.3 Å². The Hall–Kier alpha value is -5.19. The zero-order valence-electron chi connectivity index (χ0n) is 20.5. The summed E-state index contributed by atoms with van der Waals surface area (Å²) >= 11 is 0. The lowest BCUT2D eigenvalue weighted by Gasteiger charge is -2.36. The van der Waals surface area contributed by atoms with Gasteiger partial charge in [0.2, 0.25) is 11.8 Å². The first kappa shape index (κ1) is 25.5. The van der Waals surface area contributed by atoms with Gasteiger partial charge in [0.15, 0.2) is 5.60 Å². The van der Waals surface area contributed by atoms with Crippen LogP contribution in [0.3, 0.4) is 0 Å². The highest BCUT2D eigenvalue weighted by molar-refractivity contribution is 6.04. The minimum absolute atomic E-state index is 0.0371. The maximum absolute atomic E-state index is 12.5. The number of benzene rings is 3. The van der Waals surface area contributed by atoms with Crippen molar-refractivity contribution in [3.63, 3.8) is 0 Å². The number of hydrogen-bond acceptors (Lipinski definition) is 10. The van der Waals surface area contributed by atoms with E-state index >= 15 is 0 Å². The average molecular weight is 531 g/mol. The Morgan fingerprint density at radius 3 is 2.00 bits per heavy atom. The SMILES string of the molecule is CC(=O)OC(=O)CN1C(=O)CCC1=O.O=C1OC2(c3ccc(O)cc3Oc3cc(O)ccc32)c2ccccc21. The second-order valence-corrected chi connectivity index (χ2v) is 8.92. The van der Waals surface area contributed by atoms with Gasteiger partial charge < -0.3 is 24.4 Å². The summed E-state index contributed by atoms with van der Waals surface area (Å²) < 4.78 is 16.0. The smallest absolute Gasteiger partial charge is 0.340 e. The van der Waals surface area contributed by atoms with Gasteiger partial charge in [0.25, 0.3) is 0 Å². The molecule has 198 valence electrons. The van der Waals surface area contributed by atoms with Crippen molar-refractivity contribution in [3.8, 4) is 23.0 Å². The molecule has 39 heavy (non-hydrogen) atoms. The molecule has 0 atom stereocenters. The summed E-state index contributed by atoms with van der Waals surface area (Å²) in [5.41, 5.74) is 1.28. The van der Waals surface area contributed by atoms with E-state index in [-0.39, 0.29) is 24.3 Å². The Labute approximate surface area is 221 Å². The molecule has 3 aromatic rings. The van der Waals surface area contributed by atoms with Crippen LogP contribution in [-0.4, -0.2) is 51.4 Å². The van der Waals surface area contributed by atoms with Crippen molar-refractivity contribution in [1.82, 2.24) is 4.90 Å². The van der Waals surface area contributed by atoms with Crippen LogP contribution in [-0.2, 0) is 34.3 Å². The van der Waals surface area contributed by atoms with Crippen molar-refractivity contribution in [1.29, 1.82) is 0 Å². The number of likely N-dealkylation sites (tertiary alicyclic amines) is 1. The summed E-state index contributed by atoms with van der Waals surface area (Å²) in [6.07, 6.45) is 0.234. The number of amides is 2. The van der Waals surface area contributed by atoms with Crippen molar-refractivity contribution in [2.75, 3.05) is 6.54 Å². The lowest BCUT2D eigenvalue weighted by Crippen LogP contribution is -2.35. The Morgan fingerprint density at radius 2 is 1.44 bits per heavy atom. The number of carbonyl (C=O) groups is 5. The molecule has 0 bridgehead atoms. The second-order valence-electron chi connectivity index (χ2n) is 8.92. The monoisotopic (exact) mass is 531 g/mol. The first-order valence-corrected chi connectivity index (χ1v) is 11.8. The largest absolute Gasteiger partial charge is 0.508 e. The third-order valence-electron chi connectivity index (χ3n) is 6.38. The van der Waals surface area contributed by atoms with Crippen LogP contribution in [0, 0.1) is 0 Å². The third-order valence-corrected chi connectivity index (χ3v) is 6.38. The van der Waals surface area contributed by atoms with Crippen LogP contribution in [0.15, 0.2) is 60.7 Å². The van der Waals surface area contributed by atoms with Gasteiger partial charge in [0.1, 0.15) is 29.5 Å². The molecule has 2 amide bonds. The van der Waals surface area contributed by atoms with E-state index in [4.69, 9.17) is 9.47 Å². The lowest BCUT2D eigenvalue weighted by molar-refractivity contribution is -0.161. The van der Waals surface area contributed by atoms with Gasteiger partial charge in [-0.25, -0.2) is 9.59 Å². The summed E-state index contributed by atoms with van der Waals surface area (Å²) in [6.45, 7) is 0.600. The number of phenols is 2. The molecule has 3 aliphatic heterocycles. The number of phenolic OH excluding ortho intramolecular Hbond substituents is 2. The first-order valence-electron chi connectivity index (χ1n) is 11.8. The number of rotatable bonds is 2. The predicted molar refractivity (Wildman–Crippen MR) is 131 cm³/mol. The van der Waals surface area contributed by atoms with Crippen LogP contribution < -0.4 is 4.74 Å². The second kappa shape index (κ2) is 9.60. The summed E-state index contributed by atoms with van der Waals surface area (Å²) in [7, 11) is 0. The van der Waals surface area contributed by atoms with Gasteiger partial charge in [-0.15, -0.1) is 0 Å². The quantitative estimate of drug-likeness (QED) is 0.286. The van der Waals surface area contributed by atoms with E-state index in [0.717, 1.165) is 11.8 Å². The molecule has 0 radical (unpaired) electrons. The molecular weight excluding hydrogens is 510 g/mol. The van der Waals surface area contributed by atoms with Crippen molar-refractivity contribution >= 4 is 29.7 Å². The van der Waals surface area contributed by atoms with E-state index in [1.807, 2.05) is 12.1 Å². The predicted octanol–water partition coefficient (Wildman–Crippen LogP) is 2.89. The summed E-state index contributed by atoms with van der Waals surface area (Å²) in [6, 6.07) is 16.6. The molecule has 0 saturated carbocycles. The third kappa shape index (κ3) is 4.43. The van der Waals surface area contributed by atoms with E-state index in [2.05, 4.69) is 4.74 Å². The number of imide groups is 1. The highest BCUT2D eigenvalue weighted by Crippen LogP contribution is 2.56. The van der Waals surface area contributed by atoms with Gasteiger partial charge in [-0.05, 0) is 30.3 Å². The minimum Gasteiger partial charge on any atom is -0.508 e. The molecule has 11 heteroatoms. The minimum atomic E-state index is -1.17. The summed E-state index contributed by atoms with van der Waals surface area (Å²) in [5, 5.41) is 19.7. The molecular formula is C28H21NO10. The molecule has 3 aromatic carbocycles. The molecule has 1 spiro atoms. The van der Waals surface area contributed by atoms with E-state index < -0.39 is 41.9 Å². The fourth-order valence-electron chi connectivity index (χ4n) is 4.77. The Morgan fingerprint density at radius 1 is 0.872 bits per heavy atom. The molecule has 0 aromatic heterocycles. The molecule has 1 saturated heterocycles. The molecule has 6 rings (SSSR count). The van der Waals surface area contributed by atoms with Gasteiger partial charge >= 0.3 is 17.9 Å². The van der Waals surface area contributed by atoms with Crippen LogP contribution in [0.1, 0.15) is 46.8 Å². The highest BCUT2D eigenvalue weighted by atomic mass is 16.6. The number of nitrogens with zero attached hydrogens (tertiary/aromatic N) is 1. The Balaban J connectivity index is 0.000000189. The normalized spacial score (nSPS) is 15.8. The van der Waals surface area contributed by atoms with E-state index in [1.54, 1.807) is 24.3 Å². The maximum atomic E-state index is 12.5. The average Bonchev–Trinajstić information content (AvgIpc) is 3.35. The van der Waals surface area contributed by atoms with Crippen LogP contribution in [0.4, 0.5) is 0 Å². The number of fused-ring (bicyclic) bond motifs is 6. The van der Waals surface area contributed by atoms with Crippen LogP contribution in [0.25, 0.3) is 0 Å². The molecule has 3 heterocycles. The van der Waals surface area contributed by atoms with Crippen LogP contribution in [0.5, 0.6) is 23.0 Å². The maximum Gasteiger partial charge on any atom is 0.340 e. The van der Waals surface area contributed by atoms with Crippen molar-refractivity contribution in [2.45, 2.75) is 25.4 Å². The van der Waals surface area contributed by atoms with Gasteiger partial charge in [0.05, 0.1) is 5.56 Å². The molecule has 3 aliphatic rings. The summed E-state index contributed by atoms with van der Waals surface area (Å²) in [4.78, 5) is 56.6. The molecule has 0 unspecified atom stereocenters. The standard InChI is InChI=1S/C20H12O5.C8H9NO5/c21-11-5-7-15-17(9-11)24-18-10-12(22)6-8-16(18)20(15)14-4-2-1-3-13(14)19(23)25-20;1-5(10)14-8(13)4-9-6(11)2-3-7(9)12/h1-10,21-22H;2-4H2,1H3. The van der Waals surface area contributed by atoms with Gasteiger partial charge in [-0.3, -0.25) is 19.3 Å². The number of hydrogen-bond donors (Lipinski definition) is 2. The topological polar surface area (TPSA) is 157 Å². The molecule has 2 N–H and O–H groups in total. The van der Waals surface area contributed by atoms with Gasteiger partial charge in [-0.2, -0.15) is 0 Å². The first-order chi connectivity index (χ1) is 18.6. The lowest BCUT2D eigenvalue weighted by atomic mass is 9.77. The van der Waals surface area contributed by atoms with Crippen molar-refractivity contribution in [3.05, 3.63) is 82.9 Å². The number of carbonyl (C=O) groups excluding carboxylic acids is 5. The molecule has 11 nitrogen and oxygen atoms in total. The molecule has 1 fully saturated rings. The van der Waals surface area contributed by atoms with Gasteiger partial charge in [-0.1, -0.05) is 18.2 Å². The van der Waals surface area contributed by atoms with Crippen LogP contribution >= 0.6 is 0 Å². The van der Waals surface area contributed by atoms with E-state index in [0.29, 0.717) is 33.8 Å². The fourth-order valence-corrected chi connectivity index (χ4v) is 4.77. The van der Waals surface area contributed by atoms with Crippen molar-refractivity contribution < 1.29 is 48.4 Å². The Kier molecular flexibility index (Phi) is 6.27. The van der Waals surface area contributed by atoms with Crippen molar-refractivity contribution in [2.24, 2.45) is 0 Å².